The second-order valence-corrected chi connectivity index (χ2v) is 4.94. The van der Waals surface area contributed by atoms with Crippen LogP contribution in [0.5, 0.6) is 0 Å². The van der Waals surface area contributed by atoms with E-state index in [1.807, 2.05) is 12.1 Å². The van der Waals surface area contributed by atoms with Crippen molar-refractivity contribution in [3.63, 3.8) is 0 Å². The predicted octanol–water partition coefficient (Wildman–Crippen LogP) is 0.585. The van der Waals surface area contributed by atoms with E-state index < -0.39 is 5.97 Å². The quantitative estimate of drug-likeness (QED) is 0.720. The third-order valence-electron chi connectivity index (χ3n) is 2.61. The molecular formula is C12H14N4O3S. The van der Waals surface area contributed by atoms with Crippen molar-refractivity contribution in [2.75, 3.05) is 5.75 Å². The lowest BCUT2D eigenvalue weighted by molar-refractivity contribution is -0.133. The average molecular weight is 294 g/mol. The maximum Gasteiger partial charge on any atom is 0.313 e. The summed E-state index contributed by atoms with van der Waals surface area (Å²) in [6, 6.07) is 3.81. The number of carboxylic acids is 1. The smallest absolute Gasteiger partial charge is 0.313 e. The van der Waals surface area contributed by atoms with Gasteiger partial charge in [-0.25, -0.2) is 0 Å². The molecule has 0 aliphatic rings. The summed E-state index contributed by atoms with van der Waals surface area (Å²) in [6.45, 7) is 0.338. The Labute approximate surface area is 119 Å². The number of nitrogens with zero attached hydrogens (tertiary/aromatic N) is 4. The van der Waals surface area contributed by atoms with Gasteiger partial charge in [0.2, 0.25) is 0 Å². The molecule has 2 aromatic heterocycles. The van der Waals surface area contributed by atoms with Crippen molar-refractivity contribution in [1.82, 2.24) is 19.7 Å². The Morgan fingerprint density at radius 3 is 2.90 bits per heavy atom. The van der Waals surface area contributed by atoms with Crippen LogP contribution in [0, 0.1) is 0 Å². The molecule has 0 saturated carbocycles. The van der Waals surface area contributed by atoms with Crippen molar-refractivity contribution < 1.29 is 15.0 Å². The number of carbonyl (C=O) groups is 1. The number of hydrogen-bond acceptors (Lipinski definition) is 6. The molecule has 0 saturated heterocycles. The highest BCUT2D eigenvalue weighted by Crippen LogP contribution is 2.17. The summed E-state index contributed by atoms with van der Waals surface area (Å²) in [6.07, 6.45) is 4.18. The van der Waals surface area contributed by atoms with Crippen molar-refractivity contribution in [2.45, 2.75) is 24.7 Å². The second kappa shape index (κ2) is 7.01. The van der Waals surface area contributed by atoms with Crippen LogP contribution in [0.2, 0.25) is 0 Å². The van der Waals surface area contributed by atoms with E-state index in [1.165, 1.54) is 0 Å². The lowest BCUT2D eigenvalue weighted by atomic mass is 10.2. The molecule has 0 aliphatic carbocycles. The number of hydrogen-bond donors (Lipinski definition) is 2. The minimum atomic E-state index is -0.914. The van der Waals surface area contributed by atoms with Crippen molar-refractivity contribution >= 4 is 17.7 Å². The minimum Gasteiger partial charge on any atom is -0.481 e. The first-order chi connectivity index (χ1) is 9.70. The highest BCUT2D eigenvalue weighted by Gasteiger charge is 2.13. The number of aliphatic carboxylic acids is 1. The molecule has 0 aromatic carbocycles. The van der Waals surface area contributed by atoms with Crippen molar-refractivity contribution in [2.24, 2.45) is 0 Å². The maximum absolute atomic E-state index is 10.6. The zero-order valence-electron chi connectivity index (χ0n) is 10.6. The number of rotatable bonds is 7. The molecule has 20 heavy (non-hydrogen) atoms. The molecule has 2 aromatic rings. The Balaban J connectivity index is 2.08. The molecule has 8 heteroatoms. The summed E-state index contributed by atoms with van der Waals surface area (Å²) in [7, 11) is 0. The lowest BCUT2D eigenvalue weighted by Crippen LogP contribution is -2.09. The predicted molar refractivity (Wildman–Crippen MR) is 72.2 cm³/mol. The van der Waals surface area contributed by atoms with Gasteiger partial charge in [-0.3, -0.25) is 9.78 Å². The molecule has 0 bridgehead atoms. The summed E-state index contributed by atoms with van der Waals surface area (Å²) < 4.78 is 1.74. The first kappa shape index (κ1) is 14.5. The van der Waals surface area contributed by atoms with E-state index in [-0.39, 0.29) is 12.4 Å². The first-order valence-electron chi connectivity index (χ1n) is 5.97. The van der Waals surface area contributed by atoms with Crippen LogP contribution in [0.15, 0.2) is 29.7 Å². The van der Waals surface area contributed by atoms with Gasteiger partial charge in [-0.2, -0.15) is 0 Å². The normalized spacial score (nSPS) is 10.7. The number of aliphatic hydroxyl groups is 1. The van der Waals surface area contributed by atoms with Crippen LogP contribution in [-0.4, -0.2) is 41.7 Å². The van der Waals surface area contributed by atoms with Gasteiger partial charge in [-0.15, -0.1) is 10.2 Å². The molecule has 0 fully saturated rings. The van der Waals surface area contributed by atoms with Gasteiger partial charge in [0.25, 0.3) is 0 Å². The Morgan fingerprint density at radius 1 is 1.40 bits per heavy atom. The lowest BCUT2D eigenvalue weighted by Gasteiger charge is -2.08. The highest BCUT2D eigenvalue weighted by atomic mass is 32.2. The van der Waals surface area contributed by atoms with Gasteiger partial charge >= 0.3 is 5.97 Å². The fraction of sp³-hybridized carbons (Fsp3) is 0.333. The van der Waals surface area contributed by atoms with Crippen LogP contribution in [0.25, 0.3) is 0 Å². The highest BCUT2D eigenvalue weighted by molar-refractivity contribution is 7.99. The van der Waals surface area contributed by atoms with Gasteiger partial charge < -0.3 is 14.8 Å². The van der Waals surface area contributed by atoms with Crippen molar-refractivity contribution in [3.05, 3.63) is 35.9 Å². The van der Waals surface area contributed by atoms with Gasteiger partial charge in [-0.1, -0.05) is 17.8 Å². The summed E-state index contributed by atoms with van der Waals surface area (Å²) in [5.74, 6) is -0.569. The molecular weight excluding hydrogens is 280 g/mol. The first-order valence-corrected chi connectivity index (χ1v) is 6.95. The van der Waals surface area contributed by atoms with E-state index in [0.29, 0.717) is 23.9 Å². The van der Waals surface area contributed by atoms with E-state index >= 15 is 0 Å². The third kappa shape index (κ3) is 3.78. The largest absolute Gasteiger partial charge is 0.481 e. The van der Waals surface area contributed by atoms with E-state index in [0.717, 1.165) is 17.3 Å². The zero-order valence-corrected chi connectivity index (χ0v) is 11.5. The van der Waals surface area contributed by atoms with E-state index in [9.17, 15) is 9.90 Å². The van der Waals surface area contributed by atoms with Gasteiger partial charge in [0.15, 0.2) is 11.0 Å². The van der Waals surface area contributed by atoms with Crippen LogP contribution in [-0.2, 0) is 24.4 Å². The molecule has 0 radical (unpaired) electrons. The molecule has 106 valence electrons. The molecule has 0 aliphatic heterocycles. The number of aryl methyl sites for hydroxylation is 1. The minimum absolute atomic E-state index is 0.0869. The Morgan fingerprint density at radius 2 is 2.25 bits per heavy atom. The van der Waals surface area contributed by atoms with Gasteiger partial charge in [-0.05, 0) is 18.1 Å². The summed E-state index contributed by atoms with van der Waals surface area (Å²) in [4.78, 5) is 14.6. The Kier molecular flexibility index (Phi) is 5.08. The monoisotopic (exact) mass is 294 g/mol. The van der Waals surface area contributed by atoms with Crippen LogP contribution < -0.4 is 0 Å². The maximum atomic E-state index is 10.6. The van der Waals surface area contributed by atoms with E-state index in [4.69, 9.17) is 5.11 Å². The Hall–Kier alpha value is -1.93. The van der Waals surface area contributed by atoms with Crippen LogP contribution in [0.3, 0.4) is 0 Å². The zero-order chi connectivity index (χ0) is 14.4. The number of thioether (sulfide) groups is 1. The van der Waals surface area contributed by atoms with E-state index in [1.54, 1.807) is 17.0 Å². The van der Waals surface area contributed by atoms with Crippen LogP contribution in [0.1, 0.15) is 11.4 Å². The second-order valence-electron chi connectivity index (χ2n) is 4.00. The van der Waals surface area contributed by atoms with Crippen molar-refractivity contribution in [1.29, 1.82) is 0 Å². The third-order valence-corrected chi connectivity index (χ3v) is 3.56. The molecule has 7 nitrogen and oxygen atoms in total. The van der Waals surface area contributed by atoms with E-state index in [2.05, 4.69) is 15.2 Å². The van der Waals surface area contributed by atoms with Crippen LogP contribution in [0.4, 0.5) is 0 Å². The summed E-state index contributed by atoms with van der Waals surface area (Å²) >= 11 is 1.09. The molecule has 2 N–H and O–H groups in total. The SMILES string of the molecule is O=C(O)CSc1nnc(CO)n1CCc1cccnc1. The topological polar surface area (TPSA) is 101 Å². The number of aliphatic hydroxyl groups excluding tert-OH is 1. The van der Waals surface area contributed by atoms with Crippen LogP contribution >= 0.6 is 11.8 Å². The molecule has 0 atom stereocenters. The standard InChI is InChI=1S/C12H14N4O3S/c17-7-10-14-15-12(20-8-11(18)19)16(10)5-3-9-2-1-4-13-6-9/h1-2,4,6,17H,3,5,7-8H2,(H,18,19). The van der Waals surface area contributed by atoms with Crippen molar-refractivity contribution in [3.8, 4) is 0 Å². The fourth-order valence-corrected chi connectivity index (χ4v) is 2.38. The Bertz CT molecular complexity index is 573. The fourth-order valence-electron chi connectivity index (χ4n) is 1.68. The number of pyridine rings is 1. The molecule has 2 rings (SSSR count). The summed E-state index contributed by atoms with van der Waals surface area (Å²) in [5.41, 5.74) is 1.05. The summed E-state index contributed by atoms with van der Waals surface area (Å²) in [5, 5.41) is 26.2. The molecule has 2 heterocycles. The molecule has 0 unspecified atom stereocenters. The molecule has 0 amide bonds. The number of aromatic nitrogens is 4. The molecule has 0 spiro atoms. The van der Waals surface area contributed by atoms with Gasteiger partial charge in [0.1, 0.15) is 6.61 Å². The van der Waals surface area contributed by atoms with Gasteiger partial charge in [0, 0.05) is 18.9 Å². The van der Waals surface area contributed by atoms with Gasteiger partial charge in [0.05, 0.1) is 5.75 Å². The number of carboxylic acid groups (broad SMARTS) is 1. The average Bonchev–Trinajstić information content (AvgIpc) is 2.86.